The molecule has 1 aliphatic rings. The molecular formula is C6H14N2. The molecule has 8 heavy (non-hydrogen) atoms. The molecule has 0 aromatic carbocycles. The number of hydrogen-bond donors (Lipinski definition) is 2. The molecule has 1 fully saturated rings. The van der Waals surface area contributed by atoms with Gasteiger partial charge in [0.25, 0.3) is 0 Å². The molecule has 0 aromatic heterocycles. The van der Waals surface area contributed by atoms with Crippen molar-refractivity contribution in [1.82, 2.24) is 5.32 Å². The predicted molar refractivity (Wildman–Crippen MR) is 34.7 cm³/mol. The van der Waals surface area contributed by atoms with Crippen LogP contribution in [0.3, 0.4) is 0 Å². The standard InChI is InChI=1S/C6H14N2/c1-6(7)3-5(4-6)8-2/h5,8H,3-4,7H2,1-2H3. The van der Waals surface area contributed by atoms with Crippen LogP contribution in [0, 0.1) is 0 Å². The Balaban J connectivity index is 2.21. The number of nitrogens with two attached hydrogens (primary N) is 1. The van der Waals surface area contributed by atoms with Gasteiger partial charge in [-0.15, -0.1) is 0 Å². The quantitative estimate of drug-likeness (QED) is 0.507. The van der Waals surface area contributed by atoms with Crippen molar-refractivity contribution < 1.29 is 0 Å². The summed E-state index contributed by atoms with van der Waals surface area (Å²) in [5, 5.41) is 3.18. The van der Waals surface area contributed by atoms with E-state index in [2.05, 4.69) is 12.2 Å². The van der Waals surface area contributed by atoms with Gasteiger partial charge in [-0.05, 0) is 26.8 Å². The highest BCUT2D eigenvalue weighted by molar-refractivity contribution is 4.97. The van der Waals surface area contributed by atoms with Gasteiger partial charge in [0.05, 0.1) is 0 Å². The molecule has 1 aliphatic carbocycles. The first-order valence-electron chi connectivity index (χ1n) is 3.10. The molecule has 2 nitrogen and oxygen atoms in total. The minimum Gasteiger partial charge on any atom is -0.325 e. The summed E-state index contributed by atoms with van der Waals surface area (Å²) in [5.41, 5.74) is 5.88. The minimum atomic E-state index is 0.133. The van der Waals surface area contributed by atoms with Crippen LogP contribution < -0.4 is 11.1 Å². The van der Waals surface area contributed by atoms with Gasteiger partial charge in [-0.1, -0.05) is 0 Å². The molecular weight excluding hydrogens is 100 g/mol. The first-order chi connectivity index (χ1) is 3.64. The molecule has 0 radical (unpaired) electrons. The maximum Gasteiger partial charge on any atom is 0.0155 e. The Labute approximate surface area is 50.4 Å². The predicted octanol–water partition coefficient (Wildman–Crippen LogP) is 0.0856. The van der Waals surface area contributed by atoms with E-state index in [9.17, 15) is 0 Å². The van der Waals surface area contributed by atoms with Crippen molar-refractivity contribution >= 4 is 0 Å². The average molecular weight is 114 g/mol. The van der Waals surface area contributed by atoms with Gasteiger partial charge in [-0.25, -0.2) is 0 Å². The SMILES string of the molecule is CNC1CC(C)(N)C1. The van der Waals surface area contributed by atoms with Gasteiger partial charge in [0.2, 0.25) is 0 Å². The van der Waals surface area contributed by atoms with E-state index in [4.69, 9.17) is 5.73 Å². The fourth-order valence-electron chi connectivity index (χ4n) is 1.27. The van der Waals surface area contributed by atoms with Crippen LogP contribution in [0.5, 0.6) is 0 Å². The Morgan fingerprint density at radius 1 is 1.62 bits per heavy atom. The molecule has 3 N–H and O–H groups in total. The summed E-state index contributed by atoms with van der Waals surface area (Å²) in [4.78, 5) is 0. The van der Waals surface area contributed by atoms with E-state index >= 15 is 0 Å². The maximum atomic E-state index is 5.75. The van der Waals surface area contributed by atoms with Crippen LogP contribution in [0.25, 0.3) is 0 Å². The molecule has 48 valence electrons. The molecule has 0 atom stereocenters. The summed E-state index contributed by atoms with van der Waals surface area (Å²) in [5.74, 6) is 0. The molecule has 1 saturated carbocycles. The van der Waals surface area contributed by atoms with Crippen LogP contribution in [0.15, 0.2) is 0 Å². The third-order valence-electron chi connectivity index (χ3n) is 1.83. The number of hydrogen-bond acceptors (Lipinski definition) is 2. The Hall–Kier alpha value is -0.0800. The highest BCUT2D eigenvalue weighted by Gasteiger charge is 2.35. The maximum absolute atomic E-state index is 5.75. The molecule has 0 saturated heterocycles. The average Bonchev–Trinajstić information content (AvgIpc) is 1.60. The molecule has 1 rings (SSSR count). The van der Waals surface area contributed by atoms with E-state index in [0.717, 1.165) is 12.8 Å². The fraction of sp³-hybridized carbons (Fsp3) is 1.00. The van der Waals surface area contributed by atoms with E-state index in [-0.39, 0.29) is 5.54 Å². The summed E-state index contributed by atoms with van der Waals surface area (Å²) in [7, 11) is 1.99. The largest absolute Gasteiger partial charge is 0.325 e. The van der Waals surface area contributed by atoms with Crippen molar-refractivity contribution in [2.45, 2.75) is 31.3 Å². The van der Waals surface area contributed by atoms with Crippen LogP contribution in [0.4, 0.5) is 0 Å². The van der Waals surface area contributed by atoms with Crippen LogP contribution >= 0.6 is 0 Å². The normalized spacial score (nSPS) is 46.1. The van der Waals surface area contributed by atoms with E-state index in [1.807, 2.05) is 7.05 Å². The van der Waals surface area contributed by atoms with Crippen LogP contribution in [0.1, 0.15) is 19.8 Å². The second kappa shape index (κ2) is 1.71. The summed E-state index contributed by atoms with van der Waals surface area (Å²) < 4.78 is 0. The lowest BCUT2D eigenvalue weighted by Gasteiger charge is -2.42. The molecule has 0 heterocycles. The zero-order valence-electron chi connectivity index (χ0n) is 5.57. The Morgan fingerprint density at radius 3 is 2.25 bits per heavy atom. The van der Waals surface area contributed by atoms with Crippen molar-refractivity contribution in [2.75, 3.05) is 7.05 Å². The second-order valence-electron chi connectivity index (χ2n) is 3.05. The van der Waals surface area contributed by atoms with Crippen molar-refractivity contribution in [1.29, 1.82) is 0 Å². The van der Waals surface area contributed by atoms with Gasteiger partial charge in [0.1, 0.15) is 0 Å². The highest BCUT2D eigenvalue weighted by Crippen LogP contribution is 2.28. The molecule has 0 unspecified atom stereocenters. The first-order valence-corrected chi connectivity index (χ1v) is 3.10. The van der Waals surface area contributed by atoms with Gasteiger partial charge in [0, 0.05) is 11.6 Å². The molecule has 0 bridgehead atoms. The number of rotatable bonds is 1. The third kappa shape index (κ3) is 1.01. The molecule has 2 heteroatoms. The Bertz CT molecular complexity index is 80.5. The fourth-order valence-corrected chi connectivity index (χ4v) is 1.27. The number of nitrogens with one attached hydrogen (secondary N) is 1. The molecule has 0 amide bonds. The van der Waals surface area contributed by atoms with Crippen molar-refractivity contribution in [3.05, 3.63) is 0 Å². The lowest BCUT2D eigenvalue weighted by atomic mass is 9.75. The van der Waals surface area contributed by atoms with Crippen molar-refractivity contribution in [3.63, 3.8) is 0 Å². The lowest BCUT2D eigenvalue weighted by molar-refractivity contribution is 0.205. The van der Waals surface area contributed by atoms with Crippen molar-refractivity contribution in [3.8, 4) is 0 Å². The van der Waals surface area contributed by atoms with Gasteiger partial charge >= 0.3 is 0 Å². The first kappa shape index (κ1) is 6.05. The van der Waals surface area contributed by atoms with E-state index in [0.29, 0.717) is 6.04 Å². The van der Waals surface area contributed by atoms with E-state index in [1.165, 1.54) is 0 Å². The summed E-state index contributed by atoms with van der Waals surface area (Å²) in [6.07, 6.45) is 2.26. The summed E-state index contributed by atoms with van der Waals surface area (Å²) >= 11 is 0. The zero-order chi connectivity index (χ0) is 6.20. The zero-order valence-corrected chi connectivity index (χ0v) is 5.57. The van der Waals surface area contributed by atoms with E-state index < -0.39 is 0 Å². The topological polar surface area (TPSA) is 38.0 Å². The van der Waals surface area contributed by atoms with Crippen LogP contribution in [-0.2, 0) is 0 Å². The van der Waals surface area contributed by atoms with Gasteiger partial charge in [-0.2, -0.15) is 0 Å². The minimum absolute atomic E-state index is 0.133. The molecule has 0 aliphatic heterocycles. The smallest absolute Gasteiger partial charge is 0.0155 e. The van der Waals surface area contributed by atoms with Crippen LogP contribution in [0.2, 0.25) is 0 Å². The second-order valence-corrected chi connectivity index (χ2v) is 3.05. The highest BCUT2D eigenvalue weighted by atomic mass is 14.9. The Kier molecular flexibility index (Phi) is 1.29. The van der Waals surface area contributed by atoms with Gasteiger partial charge in [0.15, 0.2) is 0 Å². The monoisotopic (exact) mass is 114 g/mol. The lowest BCUT2D eigenvalue weighted by Crippen LogP contribution is -2.56. The van der Waals surface area contributed by atoms with E-state index in [1.54, 1.807) is 0 Å². The van der Waals surface area contributed by atoms with Crippen molar-refractivity contribution in [2.24, 2.45) is 5.73 Å². The molecule has 0 aromatic rings. The van der Waals surface area contributed by atoms with Gasteiger partial charge in [-0.3, -0.25) is 0 Å². The van der Waals surface area contributed by atoms with Gasteiger partial charge < -0.3 is 11.1 Å². The van der Waals surface area contributed by atoms with Crippen LogP contribution in [-0.4, -0.2) is 18.6 Å². The Morgan fingerprint density at radius 2 is 2.12 bits per heavy atom. The summed E-state index contributed by atoms with van der Waals surface area (Å²) in [6.45, 7) is 2.10. The molecule has 0 spiro atoms. The third-order valence-corrected chi connectivity index (χ3v) is 1.83. The summed E-state index contributed by atoms with van der Waals surface area (Å²) in [6, 6.07) is 0.685.